The van der Waals surface area contributed by atoms with E-state index in [4.69, 9.17) is 11.6 Å². The third kappa shape index (κ3) is 4.23. The molecule has 4 nitrogen and oxygen atoms in total. The van der Waals surface area contributed by atoms with Crippen LogP contribution in [0.2, 0.25) is 0 Å². The number of hydrogen-bond acceptors (Lipinski definition) is 2. The van der Waals surface area contributed by atoms with Gasteiger partial charge in [-0.3, -0.25) is 9.59 Å². The first-order valence-electron chi connectivity index (χ1n) is 6.71. The summed E-state index contributed by atoms with van der Waals surface area (Å²) in [5.41, 5.74) is 1.44. The van der Waals surface area contributed by atoms with Crippen LogP contribution in [-0.2, 0) is 10.7 Å². The molecular weight excluding hydrogens is 276 g/mol. The van der Waals surface area contributed by atoms with Gasteiger partial charge in [0.2, 0.25) is 5.91 Å². The van der Waals surface area contributed by atoms with Gasteiger partial charge >= 0.3 is 0 Å². The highest BCUT2D eigenvalue weighted by molar-refractivity contribution is 6.17. The third-order valence-corrected chi connectivity index (χ3v) is 3.47. The van der Waals surface area contributed by atoms with Crippen LogP contribution in [0.1, 0.15) is 29.8 Å². The first-order chi connectivity index (χ1) is 9.53. The van der Waals surface area contributed by atoms with Gasteiger partial charge in [-0.1, -0.05) is 12.1 Å². The smallest absolute Gasteiger partial charge is 0.254 e. The molecule has 0 aliphatic carbocycles. The van der Waals surface area contributed by atoms with E-state index < -0.39 is 0 Å². The summed E-state index contributed by atoms with van der Waals surface area (Å²) in [4.78, 5) is 27.4. The van der Waals surface area contributed by atoms with Gasteiger partial charge in [0.1, 0.15) is 0 Å². The molecule has 0 aliphatic heterocycles. The van der Waals surface area contributed by atoms with Gasteiger partial charge in [-0.25, -0.2) is 0 Å². The molecule has 0 atom stereocenters. The Labute approximate surface area is 125 Å². The molecule has 0 saturated carbocycles. The molecule has 0 radical (unpaired) electrons. The monoisotopic (exact) mass is 296 g/mol. The second kappa shape index (κ2) is 7.90. The van der Waals surface area contributed by atoms with Crippen molar-refractivity contribution in [3.8, 4) is 0 Å². The van der Waals surface area contributed by atoms with Gasteiger partial charge in [0.25, 0.3) is 5.91 Å². The van der Waals surface area contributed by atoms with Crippen LogP contribution < -0.4 is 0 Å². The maximum Gasteiger partial charge on any atom is 0.254 e. The largest absolute Gasteiger partial charge is 0.342 e. The molecule has 0 aliphatic rings. The Bertz CT molecular complexity index is 473. The Hall–Kier alpha value is -1.55. The van der Waals surface area contributed by atoms with Gasteiger partial charge < -0.3 is 9.80 Å². The van der Waals surface area contributed by atoms with Crippen molar-refractivity contribution in [3.05, 3.63) is 35.4 Å². The van der Waals surface area contributed by atoms with E-state index in [1.54, 1.807) is 30.1 Å². The van der Waals surface area contributed by atoms with Gasteiger partial charge in [-0.2, -0.15) is 0 Å². The van der Waals surface area contributed by atoms with Crippen LogP contribution in [0, 0.1) is 0 Å². The second-order valence-electron chi connectivity index (χ2n) is 4.56. The van der Waals surface area contributed by atoms with Crippen LogP contribution >= 0.6 is 11.6 Å². The molecule has 0 bridgehead atoms. The number of nitrogens with zero attached hydrogens (tertiary/aromatic N) is 2. The zero-order valence-electron chi connectivity index (χ0n) is 12.2. The van der Waals surface area contributed by atoms with E-state index in [0.717, 1.165) is 5.56 Å². The predicted molar refractivity (Wildman–Crippen MR) is 80.9 cm³/mol. The lowest BCUT2D eigenvalue weighted by molar-refractivity contribution is -0.131. The summed E-state index contributed by atoms with van der Waals surface area (Å²) in [6.07, 6.45) is 0. The number of halogens is 1. The predicted octanol–water partition coefficient (Wildman–Crippen LogP) is 2.37. The first kappa shape index (κ1) is 16.5. The quantitative estimate of drug-likeness (QED) is 0.756. The summed E-state index contributed by atoms with van der Waals surface area (Å²) >= 11 is 5.76. The summed E-state index contributed by atoms with van der Waals surface area (Å²) in [5.74, 6) is 0.153. The molecular formula is C15H21ClN2O2. The molecule has 1 aromatic rings. The number of benzene rings is 1. The summed E-state index contributed by atoms with van der Waals surface area (Å²) in [6, 6.07) is 7.15. The van der Waals surface area contributed by atoms with Crippen molar-refractivity contribution >= 4 is 23.4 Å². The molecule has 0 saturated heterocycles. The standard InChI is InChI=1S/C15H21ClN2O2/c1-4-18(5-2)14(19)11-17(3)15(20)13-8-6-7-12(9-13)10-16/h6-9H,4-5,10-11H2,1-3H3. The number of amides is 2. The molecule has 2 amide bonds. The summed E-state index contributed by atoms with van der Waals surface area (Å²) < 4.78 is 0. The van der Waals surface area contributed by atoms with Gasteiger partial charge in [0.15, 0.2) is 0 Å². The Morgan fingerprint density at radius 3 is 2.40 bits per heavy atom. The molecule has 1 aromatic carbocycles. The number of alkyl halides is 1. The summed E-state index contributed by atoms with van der Waals surface area (Å²) in [6.45, 7) is 5.24. The maximum absolute atomic E-state index is 12.3. The molecule has 1 rings (SSSR count). The van der Waals surface area contributed by atoms with Gasteiger partial charge in [-0.05, 0) is 31.5 Å². The Morgan fingerprint density at radius 1 is 1.20 bits per heavy atom. The van der Waals surface area contributed by atoms with E-state index in [-0.39, 0.29) is 18.4 Å². The van der Waals surface area contributed by atoms with E-state index in [1.807, 2.05) is 19.9 Å². The zero-order chi connectivity index (χ0) is 15.1. The van der Waals surface area contributed by atoms with E-state index >= 15 is 0 Å². The second-order valence-corrected chi connectivity index (χ2v) is 4.83. The van der Waals surface area contributed by atoms with Gasteiger partial charge in [-0.15, -0.1) is 11.6 Å². The van der Waals surface area contributed by atoms with E-state index in [0.29, 0.717) is 24.5 Å². The van der Waals surface area contributed by atoms with Crippen molar-refractivity contribution in [2.45, 2.75) is 19.7 Å². The van der Waals surface area contributed by atoms with Crippen LogP contribution in [0.5, 0.6) is 0 Å². The number of carbonyl (C=O) groups is 2. The Balaban J connectivity index is 2.73. The van der Waals surface area contributed by atoms with Crippen molar-refractivity contribution in [2.24, 2.45) is 0 Å². The average Bonchev–Trinajstić information content (AvgIpc) is 2.47. The van der Waals surface area contributed by atoms with E-state index in [9.17, 15) is 9.59 Å². The van der Waals surface area contributed by atoms with Crippen LogP contribution in [0.15, 0.2) is 24.3 Å². The lowest BCUT2D eigenvalue weighted by Crippen LogP contribution is -2.41. The Morgan fingerprint density at radius 2 is 1.85 bits per heavy atom. The minimum Gasteiger partial charge on any atom is -0.342 e. The fourth-order valence-electron chi connectivity index (χ4n) is 1.96. The minimum atomic E-state index is -0.169. The molecule has 5 heteroatoms. The fraction of sp³-hybridized carbons (Fsp3) is 0.467. The van der Waals surface area contributed by atoms with Crippen molar-refractivity contribution in [1.82, 2.24) is 9.80 Å². The maximum atomic E-state index is 12.3. The van der Waals surface area contributed by atoms with Crippen molar-refractivity contribution in [2.75, 3.05) is 26.7 Å². The summed E-state index contributed by atoms with van der Waals surface area (Å²) in [5, 5.41) is 0. The fourth-order valence-corrected chi connectivity index (χ4v) is 2.13. The molecule has 0 spiro atoms. The lowest BCUT2D eigenvalue weighted by atomic mass is 10.1. The number of rotatable bonds is 6. The van der Waals surface area contributed by atoms with Crippen LogP contribution in [0.3, 0.4) is 0 Å². The normalized spacial score (nSPS) is 10.2. The Kier molecular flexibility index (Phi) is 6.52. The molecule has 0 unspecified atom stereocenters. The number of hydrogen-bond donors (Lipinski definition) is 0. The highest BCUT2D eigenvalue weighted by Crippen LogP contribution is 2.10. The van der Waals surface area contributed by atoms with E-state index in [1.165, 1.54) is 4.90 Å². The SMILES string of the molecule is CCN(CC)C(=O)CN(C)C(=O)c1cccc(CCl)c1. The molecule has 0 fully saturated rings. The molecule has 0 heterocycles. The molecule has 0 aromatic heterocycles. The third-order valence-electron chi connectivity index (χ3n) is 3.16. The zero-order valence-corrected chi connectivity index (χ0v) is 13.0. The van der Waals surface area contributed by atoms with Crippen LogP contribution in [0.4, 0.5) is 0 Å². The van der Waals surface area contributed by atoms with Crippen molar-refractivity contribution in [1.29, 1.82) is 0 Å². The van der Waals surface area contributed by atoms with Crippen molar-refractivity contribution in [3.63, 3.8) is 0 Å². The number of likely N-dealkylation sites (N-methyl/N-ethyl adjacent to an activating group) is 2. The highest BCUT2D eigenvalue weighted by Gasteiger charge is 2.17. The molecule has 0 N–H and O–H groups in total. The first-order valence-corrected chi connectivity index (χ1v) is 7.25. The van der Waals surface area contributed by atoms with Crippen LogP contribution in [-0.4, -0.2) is 48.3 Å². The van der Waals surface area contributed by atoms with Crippen molar-refractivity contribution < 1.29 is 9.59 Å². The lowest BCUT2D eigenvalue weighted by Gasteiger charge is -2.23. The molecule has 110 valence electrons. The minimum absolute atomic E-state index is 0.0423. The molecule has 20 heavy (non-hydrogen) atoms. The van der Waals surface area contributed by atoms with E-state index in [2.05, 4.69) is 0 Å². The van der Waals surface area contributed by atoms with Crippen LogP contribution in [0.25, 0.3) is 0 Å². The highest BCUT2D eigenvalue weighted by atomic mass is 35.5. The topological polar surface area (TPSA) is 40.6 Å². The van der Waals surface area contributed by atoms with Gasteiger partial charge in [0.05, 0.1) is 6.54 Å². The number of carbonyl (C=O) groups excluding carboxylic acids is 2. The summed E-state index contributed by atoms with van der Waals surface area (Å²) in [7, 11) is 1.64. The average molecular weight is 297 g/mol. The van der Waals surface area contributed by atoms with Gasteiger partial charge in [0, 0.05) is 31.6 Å².